The predicted octanol–water partition coefficient (Wildman–Crippen LogP) is 2.94. The number of nitrogens with zero attached hydrogens (tertiary/aromatic N) is 2. The van der Waals surface area contributed by atoms with Crippen molar-refractivity contribution in [3.63, 3.8) is 0 Å². The minimum absolute atomic E-state index is 0.652. The van der Waals surface area contributed by atoms with Gasteiger partial charge < -0.3 is 15.3 Å². The number of anilines is 1. The second-order valence-corrected chi connectivity index (χ2v) is 5.39. The highest BCUT2D eigenvalue weighted by Crippen LogP contribution is 2.31. The van der Waals surface area contributed by atoms with Crippen LogP contribution >= 0.6 is 23.6 Å². The van der Waals surface area contributed by atoms with Gasteiger partial charge in [-0.3, -0.25) is 0 Å². The third-order valence-electron chi connectivity index (χ3n) is 2.66. The fourth-order valence-electron chi connectivity index (χ4n) is 1.69. The number of H-pyrrole nitrogens is 1. The van der Waals surface area contributed by atoms with E-state index < -0.39 is 0 Å². The quantitative estimate of drug-likeness (QED) is 0.663. The Kier molecular flexibility index (Phi) is 2.27. The van der Waals surface area contributed by atoms with Gasteiger partial charge in [0.15, 0.2) is 9.78 Å². The molecule has 3 rings (SSSR count). The number of nitrogens with two attached hydrogens (primary N) is 1. The number of nitrogen functional groups attached to an aromatic ring is 1. The van der Waals surface area contributed by atoms with Crippen molar-refractivity contribution in [2.24, 2.45) is 7.05 Å². The average Bonchev–Trinajstić information content (AvgIpc) is 2.86. The molecule has 0 atom stereocenters. The van der Waals surface area contributed by atoms with Crippen molar-refractivity contribution in [2.75, 3.05) is 5.73 Å². The van der Waals surface area contributed by atoms with Crippen LogP contribution in [0, 0.1) is 3.95 Å². The lowest BCUT2D eigenvalue weighted by atomic mass is 10.3. The number of para-hydroxylation sites is 2. The molecule has 6 heteroatoms. The Bertz CT molecular complexity index is 717. The monoisotopic (exact) mass is 262 g/mol. The summed E-state index contributed by atoms with van der Waals surface area (Å²) in [6.45, 7) is 0. The maximum Gasteiger partial charge on any atom is 0.163 e. The number of aromatic nitrogens is 3. The normalized spacial score (nSPS) is 11.1. The first kappa shape index (κ1) is 10.5. The van der Waals surface area contributed by atoms with Gasteiger partial charge in [0.05, 0.1) is 11.0 Å². The Labute approximate surface area is 107 Å². The van der Waals surface area contributed by atoms with E-state index in [-0.39, 0.29) is 0 Å². The van der Waals surface area contributed by atoms with Gasteiger partial charge in [-0.25, -0.2) is 4.98 Å². The molecule has 2 heterocycles. The van der Waals surface area contributed by atoms with Crippen molar-refractivity contribution in [3.8, 4) is 10.7 Å². The second kappa shape index (κ2) is 3.68. The van der Waals surface area contributed by atoms with Crippen molar-refractivity contribution in [3.05, 3.63) is 28.2 Å². The molecular formula is C11H10N4S2. The van der Waals surface area contributed by atoms with Crippen LogP contribution in [-0.2, 0) is 7.05 Å². The van der Waals surface area contributed by atoms with Crippen LogP contribution in [0.15, 0.2) is 24.3 Å². The van der Waals surface area contributed by atoms with E-state index in [2.05, 4.69) is 9.97 Å². The Morgan fingerprint density at radius 2 is 2.18 bits per heavy atom. The van der Waals surface area contributed by atoms with Crippen molar-refractivity contribution in [2.45, 2.75) is 0 Å². The number of imidazole rings is 1. The fraction of sp³-hybridized carbons (Fsp3) is 0.0909. The molecule has 17 heavy (non-hydrogen) atoms. The molecule has 0 bridgehead atoms. The van der Waals surface area contributed by atoms with Crippen LogP contribution < -0.4 is 5.73 Å². The first-order chi connectivity index (χ1) is 8.16. The molecule has 3 N–H and O–H groups in total. The van der Waals surface area contributed by atoms with E-state index in [4.69, 9.17) is 18.0 Å². The van der Waals surface area contributed by atoms with E-state index in [1.165, 1.54) is 11.3 Å². The average molecular weight is 262 g/mol. The lowest BCUT2D eigenvalue weighted by molar-refractivity contribution is 0.934. The number of hydrogen-bond acceptors (Lipinski definition) is 4. The molecule has 0 spiro atoms. The standard InChI is InChI=1S/C11H10N4S2/c1-15-9(12)8(17-11(15)16)10-13-6-4-2-3-5-7(6)14-10/h2-5H,12H2,1H3,(H,13,14). The van der Waals surface area contributed by atoms with E-state index in [9.17, 15) is 0 Å². The number of hydrogen-bond donors (Lipinski definition) is 2. The smallest absolute Gasteiger partial charge is 0.163 e. The minimum Gasteiger partial charge on any atom is -0.384 e. The summed E-state index contributed by atoms with van der Waals surface area (Å²) in [6, 6.07) is 7.89. The van der Waals surface area contributed by atoms with Crippen LogP contribution in [0.4, 0.5) is 5.82 Å². The summed E-state index contributed by atoms with van der Waals surface area (Å²) in [4.78, 5) is 8.66. The Hall–Kier alpha value is -1.66. The fourth-order valence-corrected chi connectivity index (χ4v) is 2.88. The maximum atomic E-state index is 6.00. The molecule has 0 unspecified atom stereocenters. The molecule has 0 saturated heterocycles. The van der Waals surface area contributed by atoms with Crippen LogP contribution in [0.3, 0.4) is 0 Å². The van der Waals surface area contributed by atoms with Crippen LogP contribution in [0.5, 0.6) is 0 Å². The highest BCUT2D eigenvalue weighted by atomic mass is 32.1. The Morgan fingerprint density at radius 3 is 2.82 bits per heavy atom. The first-order valence-corrected chi connectivity index (χ1v) is 6.29. The Balaban J connectivity index is 2.27. The summed E-state index contributed by atoms with van der Waals surface area (Å²) >= 11 is 6.67. The van der Waals surface area contributed by atoms with E-state index in [0.717, 1.165) is 25.7 Å². The summed E-state index contributed by atoms with van der Waals surface area (Å²) in [5.74, 6) is 1.43. The third-order valence-corrected chi connectivity index (χ3v) is 4.24. The molecule has 0 fully saturated rings. The topological polar surface area (TPSA) is 59.6 Å². The second-order valence-electron chi connectivity index (χ2n) is 3.74. The molecule has 1 aromatic carbocycles. The minimum atomic E-state index is 0.652. The molecule has 0 aliphatic carbocycles. The molecule has 0 amide bonds. The highest BCUT2D eigenvalue weighted by molar-refractivity contribution is 7.73. The molecule has 0 saturated carbocycles. The molecule has 0 aliphatic rings. The Morgan fingerprint density at radius 1 is 1.41 bits per heavy atom. The molecule has 4 nitrogen and oxygen atoms in total. The summed E-state index contributed by atoms with van der Waals surface area (Å²) in [6.07, 6.45) is 0. The number of nitrogens with one attached hydrogen (secondary N) is 1. The molecule has 86 valence electrons. The molecule has 3 aromatic rings. The summed E-state index contributed by atoms with van der Waals surface area (Å²) in [7, 11) is 1.86. The third kappa shape index (κ3) is 1.57. The summed E-state index contributed by atoms with van der Waals surface area (Å²) in [5, 5.41) is 0. The van der Waals surface area contributed by atoms with Gasteiger partial charge in [0.2, 0.25) is 0 Å². The van der Waals surface area contributed by atoms with Crippen molar-refractivity contribution < 1.29 is 0 Å². The molecular weight excluding hydrogens is 252 g/mol. The predicted molar refractivity (Wildman–Crippen MR) is 73.6 cm³/mol. The van der Waals surface area contributed by atoms with Gasteiger partial charge in [0.1, 0.15) is 10.7 Å². The zero-order valence-electron chi connectivity index (χ0n) is 9.10. The van der Waals surface area contributed by atoms with Gasteiger partial charge in [-0.05, 0) is 24.4 Å². The van der Waals surface area contributed by atoms with Gasteiger partial charge in [-0.1, -0.05) is 23.5 Å². The number of benzene rings is 1. The summed E-state index contributed by atoms with van der Waals surface area (Å²) < 4.78 is 2.54. The SMILES string of the molecule is Cn1c(N)c(-c2nc3ccccc3[nH]2)sc1=S. The van der Waals surface area contributed by atoms with Gasteiger partial charge in [-0.2, -0.15) is 0 Å². The maximum absolute atomic E-state index is 6.00. The van der Waals surface area contributed by atoms with Crippen LogP contribution in [-0.4, -0.2) is 14.5 Å². The molecule has 2 aromatic heterocycles. The van der Waals surface area contributed by atoms with Gasteiger partial charge in [0.25, 0.3) is 0 Å². The van der Waals surface area contributed by atoms with E-state index in [1.54, 1.807) is 4.57 Å². The zero-order valence-corrected chi connectivity index (χ0v) is 10.7. The lowest BCUT2D eigenvalue weighted by Crippen LogP contribution is -1.97. The number of aromatic amines is 1. The van der Waals surface area contributed by atoms with E-state index >= 15 is 0 Å². The molecule has 0 aliphatic heterocycles. The number of rotatable bonds is 1. The zero-order chi connectivity index (χ0) is 12.0. The lowest BCUT2D eigenvalue weighted by Gasteiger charge is -1.96. The first-order valence-electron chi connectivity index (χ1n) is 5.07. The van der Waals surface area contributed by atoms with Crippen LogP contribution in [0.1, 0.15) is 0 Å². The van der Waals surface area contributed by atoms with Crippen molar-refractivity contribution in [1.82, 2.24) is 14.5 Å². The van der Waals surface area contributed by atoms with Crippen molar-refractivity contribution >= 4 is 40.4 Å². The van der Waals surface area contributed by atoms with Gasteiger partial charge in [-0.15, -0.1) is 0 Å². The number of fused-ring (bicyclic) bond motifs is 1. The van der Waals surface area contributed by atoms with E-state index in [1.807, 2.05) is 31.3 Å². The largest absolute Gasteiger partial charge is 0.384 e. The van der Waals surface area contributed by atoms with Crippen LogP contribution in [0.25, 0.3) is 21.7 Å². The van der Waals surface area contributed by atoms with E-state index in [0.29, 0.717) is 5.82 Å². The number of thiazole rings is 1. The summed E-state index contributed by atoms with van der Waals surface area (Å²) in [5.41, 5.74) is 7.94. The van der Waals surface area contributed by atoms with Gasteiger partial charge in [0, 0.05) is 7.05 Å². The van der Waals surface area contributed by atoms with Gasteiger partial charge >= 0.3 is 0 Å². The molecule has 0 radical (unpaired) electrons. The highest BCUT2D eigenvalue weighted by Gasteiger charge is 2.13. The van der Waals surface area contributed by atoms with Crippen molar-refractivity contribution in [1.29, 1.82) is 0 Å². The van der Waals surface area contributed by atoms with Crippen LogP contribution in [0.2, 0.25) is 0 Å².